The molecule has 0 heterocycles. The third kappa shape index (κ3) is 4.00. The second-order valence-electron chi connectivity index (χ2n) is 8.77. The lowest BCUT2D eigenvalue weighted by Crippen LogP contribution is -2.38. The fraction of sp³-hybridized carbons (Fsp3) is 0.200. The molecule has 0 unspecified atom stereocenters. The van der Waals surface area contributed by atoms with Gasteiger partial charge >= 0.3 is 0 Å². The molecule has 160 valence electrons. The van der Waals surface area contributed by atoms with Crippen LogP contribution in [-0.4, -0.2) is 0 Å². The summed E-state index contributed by atoms with van der Waals surface area (Å²) >= 11 is 0. The maximum atomic E-state index is 3.91. The summed E-state index contributed by atoms with van der Waals surface area (Å²) in [6.07, 6.45) is 0. The molecule has 2 nitrogen and oxygen atoms in total. The molecule has 0 amide bonds. The zero-order chi connectivity index (χ0) is 21.9. The Bertz CT molecular complexity index is 1100. The van der Waals surface area contributed by atoms with Crippen LogP contribution >= 0.6 is 0 Å². The van der Waals surface area contributed by atoms with Crippen molar-refractivity contribution in [3.63, 3.8) is 0 Å². The van der Waals surface area contributed by atoms with Crippen molar-refractivity contribution in [3.8, 4) is 11.1 Å². The number of nitrogens with one attached hydrogen (secondary N) is 2. The molecule has 2 N–H and O–H groups in total. The summed E-state index contributed by atoms with van der Waals surface area (Å²) in [5.41, 5.74) is 10.8. The van der Waals surface area contributed by atoms with Gasteiger partial charge in [-0.2, -0.15) is 0 Å². The van der Waals surface area contributed by atoms with E-state index in [0.717, 1.165) is 13.1 Å². The van der Waals surface area contributed by atoms with Crippen molar-refractivity contribution in [2.24, 2.45) is 0 Å². The summed E-state index contributed by atoms with van der Waals surface area (Å²) in [5, 5.41) is 7.81. The first-order chi connectivity index (χ1) is 15.7. The highest BCUT2D eigenvalue weighted by Crippen LogP contribution is 2.47. The van der Waals surface area contributed by atoms with Crippen molar-refractivity contribution in [1.29, 1.82) is 0 Å². The molecule has 0 bridgehead atoms. The Hall–Kier alpha value is -3.20. The van der Waals surface area contributed by atoms with Gasteiger partial charge in [-0.15, -0.1) is 0 Å². The summed E-state index contributed by atoms with van der Waals surface area (Å²) in [5.74, 6) is 0. The number of aryl methyl sites for hydroxylation is 2. The molecule has 0 aromatic heterocycles. The monoisotopic (exact) mass is 418 g/mol. The predicted octanol–water partition coefficient (Wildman–Crippen LogP) is 6.65. The van der Waals surface area contributed by atoms with E-state index < -0.39 is 0 Å². The summed E-state index contributed by atoms with van der Waals surface area (Å²) in [6.45, 7) is 6.15. The number of rotatable bonds is 6. The lowest BCUT2D eigenvalue weighted by atomic mass is 9.75. The van der Waals surface area contributed by atoms with Gasteiger partial charge in [0.25, 0.3) is 0 Å². The third-order valence-corrected chi connectivity index (χ3v) is 6.60. The molecule has 4 aromatic rings. The Kier molecular flexibility index (Phi) is 5.89. The molecular weight excluding hydrogens is 388 g/mol. The van der Waals surface area contributed by atoms with E-state index in [4.69, 9.17) is 0 Å². The van der Waals surface area contributed by atoms with E-state index in [0.29, 0.717) is 0 Å². The van der Waals surface area contributed by atoms with Crippen molar-refractivity contribution in [3.05, 3.63) is 130 Å². The Labute approximate surface area is 191 Å². The Morgan fingerprint density at radius 2 is 0.906 bits per heavy atom. The van der Waals surface area contributed by atoms with Gasteiger partial charge in [-0.25, -0.2) is 0 Å². The van der Waals surface area contributed by atoms with Crippen molar-refractivity contribution in [2.45, 2.75) is 39.0 Å². The Morgan fingerprint density at radius 3 is 1.31 bits per heavy atom. The average Bonchev–Trinajstić information content (AvgIpc) is 2.83. The Balaban J connectivity index is 1.57. The zero-order valence-corrected chi connectivity index (χ0v) is 18.8. The summed E-state index contributed by atoms with van der Waals surface area (Å²) < 4.78 is 0. The number of benzene rings is 4. The molecule has 0 saturated heterocycles. The molecular formula is C30H30N2. The molecule has 5 rings (SSSR count). The van der Waals surface area contributed by atoms with Crippen LogP contribution in [-0.2, 0) is 13.1 Å². The maximum Gasteiger partial charge on any atom is 0.0527 e. The van der Waals surface area contributed by atoms with Crippen molar-refractivity contribution in [2.75, 3.05) is 0 Å². The molecule has 0 saturated carbocycles. The van der Waals surface area contributed by atoms with Crippen LogP contribution in [0.15, 0.2) is 97.1 Å². The molecule has 1 aliphatic rings. The molecule has 2 atom stereocenters. The molecule has 0 aliphatic heterocycles. The van der Waals surface area contributed by atoms with Gasteiger partial charge in [0.15, 0.2) is 0 Å². The van der Waals surface area contributed by atoms with Crippen LogP contribution in [0.25, 0.3) is 11.1 Å². The van der Waals surface area contributed by atoms with Gasteiger partial charge in [0, 0.05) is 13.1 Å². The first kappa shape index (κ1) is 20.7. The van der Waals surface area contributed by atoms with E-state index in [2.05, 4.69) is 122 Å². The van der Waals surface area contributed by atoms with Crippen molar-refractivity contribution < 1.29 is 0 Å². The van der Waals surface area contributed by atoms with E-state index in [-0.39, 0.29) is 12.1 Å². The van der Waals surface area contributed by atoms with Crippen LogP contribution in [0.4, 0.5) is 0 Å². The van der Waals surface area contributed by atoms with E-state index in [1.165, 1.54) is 44.5 Å². The first-order valence-electron chi connectivity index (χ1n) is 11.5. The van der Waals surface area contributed by atoms with Crippen molar-refractivity contribution >= 4 is 0 Å². The fourth-order valence-corrected chi connectivity index (χ4v) is 5.04. The quantitative estimate of drug-likeness (QED) is 0.366. The molecule has 2 heteroatoms. The van der Waals surface area contributed by atoms with Gasteiger partial charge < -0.3 is 10.6 Å². The van der Waals surface area contributed by atoms with Gasteiger partial charge in [-0.05, 0) is 58.4 Å². The SMILES string of the molecule is Cc1cccc2c1-c1c(C)cccc1[C@H](NCc1ccccc1)[C@H]2NCc1ccccc1. The van der Waals surface area contributed by atoms with Crippen LogP contribution in [0, 0.1) is 13.8 Å². The minimum absolute atomic E-state index is 0.183. The third-order valence-electron chi connectivity index (χ3n) is 6.60. The minimum atomic E-state index is 0.183. The smallest absolute Gasteiger partial charge is 0.0527 e. The normalized spacial score (nSPS) is 16.9. The first-order valence-corrected chi connectivity index (χ1v) is 11.5. The molecule has 0 fully saturated rings. The highest BCUT2D eigenvalue weighted by atomic mass is 15.0. The van der Waals surface area contributed by atoms with E-state index in [1.54, 1.807) is 0 Å². The van der Waals surface area contributed by atoms with Crippen LogP contribution in [0.2, 0.25) is 0 Å². The van der Waals surface area contributed by atoms with Crippen LogP contribution in [0.1, 0.15) is 45.5 Å². The number of hydrogen-bond acceptors (Lipinski definition) is 2. The van der Waals surface area contributed by atoms with E-state index in [9.17, 15) is 0 Å². The fourth-order valence-electron chi connectivity index (χ4n) is 5.04. The van der Waals surface area contributed by atoms with Gasteiger partial charge in [-0.3, -0.25) is 0 Å². The molecule has 32 heavy (non-hydrogen) atoms. The highest BCUT2D eigenvalue weighted by molar-refractivity contribution is 5.80. The highest BCUT2D eigenvalue weighted by Gasteiger charge is 2.34. The molecule has 0 radical (unpaired) electrons. The summed E-state index contributed by atoms with van der Waals surface area (Å²) in [4.78, 5) is 0. The topological polar surface area (TPSA) is 24.1 Å². The van der Waals surface area contributed by atoms with Gasteiger partial charge in [-0.1, -0.05) is 97.1 Å². The summed E-state index contributed by atoms with van der Waals surface area (Å²) in [7, 11) is 0. The lowest BCUT2D eigenvalue weighted by Gasteiger charge is -2.38. The Morgan fingerprint density at radius 1 is 0.500 bits per heavy atom. The predicted molar refractivity (Wildman–Crippen MR) is 133 cm³/mol. The maximum absolute atomic E-state index is 3.91. The van der Waals surface area contributed by atoms with E-state index in [1.807, 2.05) is 0 Å². The van der Waals surface area contributed by atoms with Crippen LogP contribution in [0.3, 0.4) is 0 Å². The van der Waals surface area contributed by atoms with Gasteiger partial charge in [0.2, 0.25) is 0 Å². The number of hydrogen-bond donors (Lipinski definition) is 2. The van der Waals surface area contributed by atoms with Crippen molar-refractivity contribution in [1.82, 2.24) is 10.6 Å². The van der Waals surface area contributed by atoms with E-state index >= 15 is 0 Å². The molecule has 4 aromatic carbocycles. The van der Waals surface area contributed by atoms with Gasteiger partial charge in [0.05, 0.1) is 12.1 Å². The molecule has 0 spiro atoms. The van der Waals surface area contributed by atoms with Gasteiger partial charge in [0.1, 0.15) is 0 Å². The largest absolute Gasteiger partial charge is 0.304 e. The number of fused-ring (bicyclic) bond motifs is 3. The second-order valence-corrected chi connectivity index (χ2v) is 8.77. The standard InChI is InChI=1S/C30H30N2/c1-21-11-9-17-25-27(21)28-22(2)12-10-18-26(28)30(32-20-24-15-7-4-8-16-24)29(25)31-19-23-13-5-3-6-14-23/h3-18,29-32H,19-20H2,1-2H3/t29-,30-/m0/s1. The summed E-state index contributed by atoms with van der Waals surface area (Å²) in [6, 6.07) is 35.2. The second kappa shape index (κ2) is 9.12. The minimum Gasteiger partial charge on any atom is -0.304 e. The average molecular weight is 419 g/mol. The zero-order valence-electron chi connectivity index (χ0n) is 18.8. The molecule has 1 aliphatic carbocycles. The van der Waals surface area contributed by atoms with Crippen LogP contribution < -0.4 is 10.6 Å². The van der Waals surface area contributed by atoms with Crippen LogP contribution in [0.5, 0.6) is 0 Å². The lowest BCUT2D eigenvalue weighted by molar-refractivity contribution is 0.377.